The van der Waals surface area contributed by atoms with Crippen molar-refractivity contribution in [2.24, 2.45) is 0 Å². The number of fused-ring (bicyclic) bond motifs is 1. The fourth-order valence-corrected chi connectivity index (χ4v) is 2.62. The Morgan fingerprint density at radius 2 is 1.95 bits per heavy atom. The number of hydrogen-bond acceptors (Lipinski definition) is 2. The van der Waals surface area contributed by atoms with Crippen molar-refractivity contribution in [2.75, 3.05) is 11.9 Å². The lowest BCUT2D eigenvalue weighted by Crippen LogP contribution is -2.05. The molecule has 1 aliphatic heterocycles. The van der Waals surface area contributed by atoms with E-state index in [0.29, 0.717) is 23.4 Å². The summed E-state index contributed by atoms with van der Waals surface area (Å²) >= 11 is 6.01. The van der Waals surface area contributed by atoms with E-state index in [1.165, 1.54) is 0 Å². The predicted molar refractivity (Wildman–Crippen MR) is 74.3 cm³/mol. The standard InChI is InChI=1S/C15H11ClF3NO/c16-10-3-8-1-2-21-15(8)9(4-10)7-20-13-6-11(17)5-12(18)14(13)19/h3-6,20H,1-2,7H2. The van der Waals surface area contributed by atoms with Crippen LogP contribution in [0.4, 0.5) is 18.9 Å². The van der Waals surface area contributed by atoms with Gasteiger partial charge in [0.05, 0.1) is 12.3 Å². The molecule has 1 N–H and O–H groups in total. The highest BCUT2D eigenvalue weighted by Gasteiger charge is 2.18. The summed E-state index contributed by atoms with van der Waals surface area (Å²) in [5.41, 5.74) is 1.46. The Labute approximate surface area is 124 Å². The Morgan fingerprint density at radius 3 is 2.76 bits per heavy atom. The van der Waals surface area contributed by atoms with Crippen LogP contribution in [-0.2, 0) is 13.0 Å². The van der Waals surface area contributed by atoms with E-state index in [4.69, 9.17) is 16.3 Å². The summed E-state index contributed by atoms with van der Waals surface area (Å²) in [6.45, 7) is 0.717. The van der Waals surface area contributed by atoms with Gasteiger partial charge in [-0.05, 0) is 17.7 Å². The summed E-state index contributed by atoms with van der Waals surface area (Å²) in [7, 11) is 0. The largest absolute Gasteiger partial charge is 0.493 e. The normalized spacial score (nSPS) is 13.0. The number of anilines is 1. The molecule has 0 fully saturated rings. The molecule has 110 valence electrons. The van der Waals surface area contributed by atoms with Gasteiger partial charge in [-0.1, -0.05) is 11.6 Å². The Morgan fingerprint density at radius 1 is 1.14 bits per heavy atom. The van der Waals surface area contributed by atoms with Crippen LogP contribution in [0.15, 0.2) is 24.3 Å². The van der Waals surface area contributed by atoms with Gasteiger partial charge in [-0.2, -0.15) is 0 Å². The number of nitrogens with one attached hydrogen (secondary N) is 1. The first kappa shape index (κ1) is 14.1. The third kappa shape index (κ3) is 2.78. The number of ether oxygens (including phenoxy) is 1. The van der Waals surface area contributed by atoms with Crippen LogP contribution < -0.4 is 10.1 Å². The minimum atomic E-state index is -1.23. The van der Waals surface area contributed by atoms with Crippen LogP contribution in [0.3, 0.4) is 0 Å². The van der Waals surface area contributed by atoms with Gasteiger partial charge >= 0.3 is 0 Å². The molecule has 21 heavy (non-hydrogen) atoms. The lowest BCUT2D eigenvalue weighted by molar-refractivity contribution is 0.354. The van der Waals surface area contributed by atoms with Gasteiger partial charge in [0, 0.05) is 35.7 Å². The van der Waals surface area contributed by atoms with E-state index < -0.39 is 17.5 Å². The van der Waals surface area contributed by atoms with Crippen LogP contribution in [-0.4, -0.2) is 6.61 Å². The molecule has 2 nitrogen and oxygen atoms in total. The van der Waals surface area contributed by atoms with E-state index >= 15 is 0 Å². The summed E-state index contributed by atoms with van der Waals surface area (Å²) in [6, 6.07) is 4.91. The maximum Gasteiger partial charge on any atom is 0.182 e. The van der Waals surface area contributed by atoms with Crippen molar-refractivity contribution < 1.29 is 17.9 Å². The zero-order valence-electron chi connectivity index (χ0n) is 10.9. The summed E-state index contributed by atoms with van der Waals surface area (Å²) in [5, 5.41) is 3.22. The second kappa shape index (κ2) is 5.48. The molecule has 2 aromatic rings. The second-order valence-corrected chi connectivity index (χ2v) is 5.19. The average molecular weight is 314 g/mol. The van der Waals surface area contributed by atoms with Crippen LogP contribution in [0.1, 0.15) is 11.1 Å². The van der Waals surface area contributed by atoms with E-state index in [2.05, 4.69) is 5.32 Å². The molecule has 3 rings (SSSR count). The molecule has 0 saturated heterocycles. The lowest BCUT2D eigenvalue weighted by atomic mass is 10.1. The van der Waals surface area contributed by atoms with Gasteiger partial charge in [-0.15, -0.1) is 0 Å². The quantitative estimate of drug-likeness (QED) is 0.853. The smallest absolute Gasteiger partial charge is 0.182 e. The average Bonchev–Trinajstić information content (AvgIpc) is 2.88. The Hall–Kier alpha value is -1.88. The summed E-state index contributed by atoms with van der Waals surface area (Å²) in [6.07, 6.45) is 0.756. The first-order valence-corrected chi connectivity index (χ1v) is 6.75. The zero-order valence-corrected chi connectivity index (χ0v) is 11.6. The molecule has 0 radical (unpaired) electrons. The van der Waals surface area contributed by atoms with Gasteiger partial charge in [0.2, 0.25) is 0 Å². The van der Waals surface area contributed by atoms with Crippen LogP contribution in [0.25, 0.3) is 0 Å². The highest BCUT2D eigenvalue weighted by Crippen LogP contribution is 2.33. The molecule has 0 unspecified atom stereocenters. The first-order chi connectivity index (χ1) is 10.0. The molecular formula is C15H11ClF3NO. The fraction of sp³-hybridized carbons (Fsp3) is 0.200. The Bertz CT molecular complexity index is 706. The van der Waals surface area contributed by atoms with E-state index in [1.807, 2.05) is 6.07 Å². The Balaban J connectivity index is 1.86. The van der Waals surface area contributed by atoms with Crippen molar-refractivity contribution in [1.29, 1.82) is 0 Å². The SMILES string of the molecule is Fc1cc(F)c(F)c(NCc2cc(Cl)cc3c2OCC3)c1. The maximum absolute atomic E-state index is 13.6. The third-order valence-corrected chi connectivity index (χ3v) is 3.51. The van der Waals surface area contributed by atoms with Gasteiger partial charge in [0.25, 0.3) is 0 Å². The second-order valence-electron chi connectivity index (χ2n) is 4.75. The van der Waals surface area contributed by atoms with Crippen molar-refractivity contribution >= 4 is 17.3 Å². The van der Waals surface area contributed by atoms with Crippen molar-refractivity contribution in [3.8, 4) is 5.75 Å². The Kier molecular flexibility index (Phi) is 3.68. The molecule has 0 atom stereocenters. The fourth-order valence-electron chi connectivity index (χ4n) is 2.35. The molecule has 2 aromatic carbocycles. The third-order valence-electron chi connectivity index (χ3n) is 3.29. The van der Waals surface area contributed by atoms with Crippen molar-refractivity contribution in [3.05, 3.63) is 57.9 Å². The minimum absolute atomic E-state index is 0.155. The van der Waals surface area contributed by atoms with Crippen molar-refractivity contribution in [1.82, 2.24) is 0 Å². The number of rotatable bonds is 3. The van der Waals surface area contributed by atoms with Gasteiger partial charge in [-0.25, -0.2) is 13.2 Å². The van der Waals surface area contributed by atoms with Gasteiger partial charge < -0.3 is 10.1 Å². The highest BCUT2D eigenvalue weighted by molar-refractivity contribution is 6.30. The monoisotopic (exact) mass is 313 g/mol. The van der Waals surface area contributed by atoms with E-state index in [1.54, 1.807) is 6.07 Å². The van der Waals surface area contributed by atoms with E-state index in [0.717, 1.165) is 23.6 Å². The molecule has 1 aliphatic rings. The van der Waals surface area contributed by atoms with E-state index in [-0.39, 0.29) is 12.2 Å². The lowest BCUT2D eigenvalue weighted by Gasteiger charge is -2.12. The molecule has 0 amide bonds. The predicted octanol–water partition coefficient (Wildman–Crippen LogP) is 4.30. The highest BCUT2D eigenvalue weighted by atomic mass is 35.5. The van der Waals surface area contributed by atoms with Crippen LogP contribution in [0.5, 0.6) is 5.75 Å². The summed E-state index contributed by atoms with van der Waals surface area (Å²) in [4.78, 5) is 0. The van der Waals surface area contributed by atoms with Crippen molar-refractivity contribution in [2.45, 2.75) is 13.0 Å². The summed E-state index contributed by atoms with van der Waals surface area (Å²) < 4.78 is 45.4. The molecule has 1 heterocycles. The van der Waals surface area contributed by atoms with E-state index in [9.17, 15) is 13.2 Å². The molecule has 0 bridgehead atoms. The number of hydrogen-bond donors (Lipinski definition) is 1. The van der Waals surface area contributed by atoms with Crippen LogP contribution in [0.2, 0.25) is 5.02 Å². The molecule has 0 saturated carbocycles. The molecule has 6 heteroatoms. The first-order valence-electron chi connectivity index (χ1n) is 6.37. The van der Waals surface area contributed by atoms with Crippen molar-refractivity contribution in [3.63, 3.8) is 0 Å². The van der Waals surface area contributed by atoms with Gasteiger partial charge in [0.15, 0.2) is 11.6 Å². The zero-order chi connectivity index (χ0) is 15.0. The number of halogens is 4. The topological polar surface area (TPSA) is 21.3 Å². The molecule has 0 spiro atoms. The molecular weight excluding hydrogens is 303 g/mol. The molecule has 0 aliphatic carbocycles. The van der Waals surface area contributed by atoms with Gasteiger partial charge in [0.1, 0.15) is 11.6 Å². The minimum Gasteiger partial charge on any atom is -0.493 e. The molecule has 0 aromatic heterocycles. The van der Waals surface area contributed by atoms with Crippen LogP contribution >= 0.6 is 11.6 Å². The van der Waals surface area contributed by atoms with Gasteiger partial charge in [-0.3, -0.25) is 0 Å². The number of benzene rings is 2. The maximum atomic E-state index is 13.6. The summed E-state index contributed by atoms with van der Waals surface area (Å²) in [5.74, 6) is -2.49. The van der Waals surface area contributed by atoms with Crippen LogP contribution in [0, 0.1) is 17.5 Å².